The summed E-state index contributed by atoms with van der Waals surface area (Å²) in [5.74, 6) is 0. The number of nitrogens with one attached hydrogen (secondary N) is 1. The Labute approximate surface area is 139 Å². The maximum Gasteiger partial charge on any atom is 0.251 e. The number of rotatable bonds is 6. The molecule has 1 N–H and O–H groups in total. The van der Waals surface area contributed by atoms with Crippen molar-refractivity contribution >= 4 is 53.2 Å². The standard InChI is InChI=1S/C13H13Br2NO2S2/c14-9-11(8-10-4-2-1-3-5-10)16-20(17,18)13-12(15)6-7-19-13/h1-7,11,16H,8-9H2. The summed E-state index contributed by atoms with van der Waals surface area (Å²) in [6, 6.07) is 11.4. The molecule has 1 aromatic heterocycles. The Hall–Kier alpha value is -0.210. The van der Waals surface area contributed by atoms with Crippen molar-refractivity contribution in [3.8, 4) is 0 Å². The van der Waals surface area contributed by atoms with Crippen LogP contribution in [0.15, 0.2) is 50.5 Å². The van der Waals surface area contributed by atoms with Gasteiger partial charge in [-0.15, -0.1) is 11.3 Å². The molecule has 0 fully saturated rings. The lowest BCUT2D eigenvalue weighted by molar-refractivity contribution is 0.564. The molecule has 0 spiro atoms. The predicted molar refractivity (Wildman–Crippen MR) is 90.1 cm³/mol. The minimum absolute atomic E-state index is 0.184. The molecular weight excluding hydrogens is 426 g/mol. The minimum Gasteiger partial charge on any atom is -0.206 e. The first-order chi connectivity index (χ1) is 9.53. The number of thiophene rings is 1. The van der Waals surface area contributed by atoms with E-state index in [2.05, 4.69) is 36.6 Å². The largest absolute Gasteiger partial charge is 0.251 e. The zero-order valence-corrected chi connectivity index (χ0v) is 15.2. The molecule has 3 nitrogen and oxygen atoms in total. The van der Waals surface area contributed by atoms with Crippen molar-refractivity contribution in [1.82, 2.24) is 4.72 Å². The number of halogens is 2. The van der Waals surface area contributed by atoms with Crippen LogP contribution < -0.4 is 4.72 Å². The predicted octanol–water partition coefficient (Wildman–Crippen LogP) is 3.80. The van der Waals surface area contributed by atoms with Crippen molar-refractivity contribution in [2.24, 2.45) is 0 Å². The van der Waals surface area contributed by atoms with E-state index in [4.69, 9.17) is 0 Å². The Morgan fingerprint density at radius 3 is 2.45 bits per heavy atom. The maximum absolute atomic E-state index is 12.3. The van der Waals surface area contributed by atoms with Crippen LogP contribution in [0.1, 0.15) is 5.56 Å². The van der Waals surface area contributed by atoms with E-state index in [9.17, 15) is 8.42 Å². The second-order valence-corrected chi connectivity index (χ2v) is 8.55. The molecule has 0 aliphatic heterocycles. The molecule has 2 rings (SSSR count). The van der Waals surface area contributed by atoms with Crippen molar-refractivity contribution in [2.45, 2.75) is 16.7 Å². The molecule has 0 radical (unpaired) electrons. The van der Waals surface area contributed by atoms with Gasteiger partial charge in [0.15, 0.2) is 0 Å². The second-order valence-electron chi connectivity index (χ2n) is 4.22. The fraction of sp³-hybridized carbons (Fsp3) is 0.231. The molecule has 0 aliphatic rings. The van der Waals surface area contributed by atoms with E-state index in [0.29, 0.717) is 20.4 Å². The molecule has 1 atom stereocenters. The van der Waals surface area contributed by atoms with Crippen LogP contribution >= 0.6 is 43.2 Å². The van der Waals surface area contributed by atoms with Crippen molar-refractivity contribution in [3.63, 3.8) is 0 Å². The van der Waals surface area contributed by atoms with Crippen molar-refractivity contribution < 1.29 is 8.42 Å². The molecule has 0 saturated carbocycles. The Balaban J connectivity index is 2.12. The smallest absolute Gasteiger partial charge is 0.206 e. The van der Waals surface area contributed by atoms with Gasteiger partial charge in [0.25, 0.3) is 10.0 Å². The molecule has 0 saturated heterocycles. The molecule has 7 heteroatoms. The first-order valence-electron chi connectivity index (χ1n) is 5.88. The highest BCUT2D eigenvalue weighted by Crippen LogP contribution is 2.27. The van der Waals surface area contributed by atoms with Gasteiger partial charge in [-0.3, -0.25) is 0 Å². The van der Waals surface area contributed by atoms with Gasteiger partial charge in [0.2, 0.25) is 0 Å². The fourth-order valence-corrected chi connectivity index (χ4v) is 5.97. The third-order valence-corrected chi connectivity index (χ3v) is 7.63. The SMILES string of the molecule is O=S(=O)(NC(CBr)Cc1ccccc1)c1sccc1Br. The summed E-state index contributed by atoms with van der Waals surface area (Å²) < 4.78 is 28.3. The molecular formula is C13H13Br2NO2S2. The number of alkyl halides is 1. The number of hydrogen-bond acceptors (Lipinski definition) is 3. The maximum atomic E-state index is 12.3. The Morgan fingerprint density at radius 1 is 1.20 bits per heavy atom. The summed E-state index contributed by atoms with van der Waals surface area (Å²) in [6.07, 6.45) is 0.647. The van der Waals surface area contributed by atoms with Crippen LogP contribution in [0.5, 0.6) is 0 Å². The first-order valence-corrected chi connectivity index (χ1v) is 10.2. The third-order valence-electron chi connectivity index (χ3n) is 2.66. The van der Waals surface area contributed by atoms with Gasteiger partial charge in [-0.25, -0.2) is 13.1 Å². The van der Waals surface area contributed by atoms with E-state index in [-0.39, 0.29) is 6.04 Å². The Morgan fingerprint density at radius 2 is 1.90 bits per heavy atom. The third kappa shape index (κ3) is 4.14. The summed E-state index contributed by atoms with van der Waals surface area (Å²) in [5, 5.41) is 2.31. The Kier molecular flexibility index (Phi) is 5.80. The topological polar surface area (TPSA) is 46.2 Å². The fourth-order valence-electron chi connectivity index (χ4n) is 1.77. The average molecular weight is 439 g/mol. The van der Waals surface area contributed by atoms with Gasteiger partial charge in [0, 0.05) is 15.8 Å². The molecule has 2 aromatic rings. The summed E-state index contributed by atoms with van der Waals surface area (Å²) in [4.78, 5) is 0. The summed E-state index contributed by atoms with van der Waals surface area (Å²) in [6.45, 7) is 0. The van der Waals surface area contributed by atoms with Crippen molar-refractivity contribution in [3.05, 3.63) is 51.8 Å². The highest BCUT2D eigenvalue weighted by Gasteiger charge is 2.23. The van der Waals surface area contributed by atoms with Crippen LogP contribution in [-0.2, 0) is 16.4 Å². The van der Waals surface area contributed by atoms with Crippen LogP contribution in [0.25, 0.3) is 0 Å². The molecule has 0 aliphatic carbocycles. The van der Waals surface area contributed by atoms with Gasteiger partial charge in [-0.1, -0.05) is 46.3 Å². The van der Waals surface area contributed by atoms with Crippen LogP contribution in [0, 0.1) is 0 Å². The molecule has 0 amide bonds. The number of benzene rings is 1. The van der Waals surface area contributed by atoms with Crippen molar-refractivity contribution in [1.29, 1.82) is 0 Å². The van der Waals surface area contributed by atoms with E-state index >= 15 is 0 Å². The van der Waals surface area contributed by atoms with Crippen molar-refractivity contribution in [2.75, 3.05) is 5.33 Å². The number of sulfonamides is 1. The molecule has 20 heavy (non-hydrogen) atoms. The van der Waals surface area contributed by atoms with Crippen LogP contribution in [0.2, 0.25) is 0 Å². The molecule has 0 bridgehead atoms. The van der Waals surface area contributed by atoms with Gasteiger partial charge in [0.1, 0.15) is 4.21 Å². The van der Waals surface area contributed by atoms with Gasteiger partial charge in [0.05, 0.1) is 0 Å². The highest BCUT2D eigenvalue weighted by molar-refractivity contribution is 9.10. The number of hydrogen-bond donors (Lipinski definition) is 1. The van der Waals surface area contributed by atoms with E-state index in [1.807, 2.05) is 30.3 Å². The normalized spacial score (nSPS) is 13.3. The van der Waals surface area contributed by atoms with Gasteiger partial charge >= 0.3 is 0 Å². The lowest BCUT2D eigenvalue weighted by Gasteiger charge is -2.16. The van der Waals surface area contributed by atoms with Gasteiger partial charge in [-0.05, 0) is 39.4 Å². The highest BCUT2D eigenvalue weighted by atomic mass is 79.9. The van der Waals surface area contributed by atoms with E-state index in [0.717, 1.165) is 5.56 Å². The summed E-state index contributed by atoms with van der Waals surface area (Å²) in [7, 11) is -3.49. The molecule has 1 unspecified atom stereocenters. The van der Waals surface area contributed by atoms with E-state index in [1.54, 1.807) is 11.4 Å². The van der Waals surface area contributed by atoms with Gasteiger partial charge in [-0.2, -0.15) is 0 Å². The Bertz CT molecular complexity index is 656. The van der Waals surface area contributed by atoms with E-state index in [1.165, 1.54) is 11.3 Å². The molecule has 1 heterocycles. The molecule has 1 aromatic carbocycles. The van der Waals surface area contributed by atoms with Crippen LogP contribution in [-0.4, -0.2) is 19.8 Å². The second kappa shape index (κ2) is 7.17. The first kappa shape index (κ1) is 16.2. The molecule has 108 valence electrons. The van der Waals surface area contributed by atoms with Crippen LogP contribution in [0.4, 0.5) is 0 Å². The quantitative estimate of drug-likeness (QED) is 0.697. The average Bonchev–Trinajstić information content (AvgIpc) is 2.86. The van der Waals surface area contributed by atoms with Crippen LogP contribution in [0.3, 0.4) is 0 Å². The van der Waals surface area contributed by atoms with E-state index < -0.39 is 10.0 Å². The van der Waals surface area contributed by atoms with Gasteiger partial charge < -0.3 is 0 Å². The minimum atomic E-state index is -3.49. The lowest BCUT2D eigenvalue weighted by atomic mass is 10.1. The zero-order chi connectivity index (χ0) is 14.6. The zero-order valence-electron chi connectivity index (χ0n) is 10.4. The summed E-state index contributed by atoms with van der Waals surface area (Å²) in [5.41, 5.74) is 1.10. The summed E-state index contributed by atoms with van der Waals surface area (Å²) >= 11 is 7.84. The lowest BCUT2D eigenvalue weighted by Crippen LogP contribution is -2.37. The monoisotopic (exact) mass is 437 g/mol.